The Hall–Kier alpha value is -3.60. The highest BCUT2D eigenvalue weighted by molar-refractivity contribution is 7.13. The lowest BCUT2D eigenvalue weighted by Gasteiger charge is -2.01. The van der Waals surface area contributed by atoms with Gasteiger partial charge in [-0.2, -0.15) is 5.26 Å². The number of hydrogen-bond donors (Lipinski definition) is 0. The van der Waals surface area contributed by atoms with Crippen molar-refractivity contribution in [3.05, 3.63) is 93.2 Å². The van der Waals surface area contributed by atoms with E-state index in [1.54, 1.807) is 37.5 Å². The standard InChI is InChI=1S/C23H15NO2S/c1-26-20-10-8-18(9-11-20)23(25)19(16-24)15-22-14-13-21(27-22)12-7-17-5-3-2-4-6-17/h2-6,8-11,13-15H,1H3/b19-15+. The van der Waals surface area contributed by atoms with Gasteiger partial charge in [-0.25, -0.2) is 0 Å². The summed E-state index contributed by atoms with van der Waals surface area (Å²) in [5.74, 6) is 6.55. The second kappa shape index (κ2) is 8.67. The molecule has 0 atom stereocenters. The number of carbonyl (C=O) groups is 1. The summed E-state index contributed by atoms with van der Waals surface area (Å²) < 4.78 is 5.09. The molecule has 2 aromatic carbocycles. The number of allylic oxidation sites excluding steroid dienone is 1. The third-order valence-corrected chi connectivity index (χ3v) is 4.68. The maximum absolute atomic E-state index is 12.5. The predicted molar refractivity (Wildman–Crippen MR) is 108 cm³/mol. The van der Waals surface area contributed by atoms with Crippen LogP contribution in [-0.4, -0.2) is 12.9 Å². The van der Waals surface area contributed by atoms with E-state index in [1.807, 2.05) is 48.5 Å². The molecule has 3 rings (SSSR count). The van der Waals surface area contributed by atoms with Gasteiger partial charge >= 0.3 is 0 Å². The van der Waals surface area contributed by atoms with Crippen molar-refractivity contribution < 1.29 is 9.53 Å². The number of rotatable bonds is 4. The quantitative estimate of drug-likeness (QED) is 0.283. The van der Waals surface area contributed by atoms with E-state index in [4.69, 9.17) is 4.74 Å². The Bertz CT molecular complexity index is 1080. The Kier molecular flexibility index (Phi) is 5.84. The highest BCUT2D eigenvalue weighted by Crippen LogP contribution is 2.21. The Morgan fingerprint density at radius 1 is 1.00 bits per heavy atom. The molecule has 0 aliphatic carbocycles. The molecule has 3 aromatic rings. The molecule has 0 saturated carbocycles. The van der Waals surface area contributed by atoms with E-state index in [9.17, 15) is 10.1 Å². The van der Waals surface area contributed by atoms with Gasteiger partial charge < -0.3 is 4.74 Å². The molecule has 1 heterocycles. The summed E-state index contributed by atoms with van der Waals surface area (Å²) in [6, 6.07) is 22.2. The number of thiophene rings is 1. The maximum Gasteiger partial charge on any atom is 0.203 e. The van der Waals surface area contributed by atoms with Gasteiger partial charge in [0.1, 0.15) is 17.4 Å². The number of nitriles is 1. The second-order valence-electron chi connectivity index (χ2n) is 5.55. The topological polar surface area (TPSA) is 50.1 Å². The van der Waals surface area contributed by atoms with Gasteiger partial charge in [-0.15, -0.1) is 11.3 Å². The van der Waals surface area contributed by atoms with E-state index in [2.05, 4.69) is 11.8 Å². The first-order valence-corrected chi connectivity index (χ1v) is 8.98. The number of carbonyl (C=O) groups excluding carboxylic acids is 1. The molecule has 0 N–H and O–H groups in total. The number of nitrogens with zero attached hydrogens (tertiary/aromatic N) is 1. The Morgan fingerprint density at radius 2 is 1.74 bits per heavy atom. The van der Waals surface area contributed by atoms with Crippen LogP contribution in [0.2, 0.25) is 0 Å². The first kappa shape index (κ1) is 18.2. The van der Waals surface area contributed by atoms with Gasteiger partial charge in [0.15, 0.2) is 0 Å². The van der Waals surface area contributed by atoms with Gasteiger partial charge in [-0.1, -0.05) is 30.0 Å². The number of Topliss-reactive ketones (excluding diaryl/α,β-unsaturated/α-hetero) is 1. The molecular formula is C23H15NO2S. The number of methoxy groups -OCH3 is 1. The van der Waals surface area contributed by atoms with Crippen molar-refractivity contribution in [2.24, 2.45) is 0 Å². The maximum atomic E-state index is 12.5. The first-order valence-electron chi connectivity index (χ1n) is 8.17. The number of hydrogen-bond acceptors (Lipinski definition) is 4. The number of ketones is 1. The summed E-state index contributed by atoms with van der Waals surface area (Å²) in [6.45, 7) is 0. The smallest absolute Gasteiger partial charge is 0.203 e. The monoisotopic (exact) mass is 369 g/mol. The molecule has 0 saturated heterocycles. The molecular weight excluding hydrogens is 354 g/mol. The molecule has 0 aliphatic heterocycles. The van der Waals surface area contributed by atoms with E-state index < -0.39 is 0 Å². The lowest BCUT2D eigenvalue weighted by Crippen LogP contribution is -2.01. The van der Waals surface area contributed by atoms with E-state index in [-0.39, 0.29) is 11.4 Å². The minimum Gasteiger partial charge on any atom is -0.497 e. The molecule has 0 spiro atoms. The third kappa shape index (κ3) is 4.73. The Balaban J connectivity index is 1.80. The van der Waals surface area contributed by atoms with Crippen molar-refractivity contribution in [1.29, 1.82) is 5.26 Å². The first-order chi connectivity index (χ1) is 13.2. The van der Waals surface area contributed by atoms with Crippen LogP contribution >= 0.6 is 11.3 Å². The van der Waals surface area contributed by atoms with Gasteiger partial charge in [-0.3, -0.25) is 4.79 Å². The molecule has 1 aromatic heterocycles. The zero-order valence-corrected chi connectivity index (χ0v) is 15.4. The highest BCUT2D eigenvalue weighted by Gasteiger charge is 2.12. The van der Waals surface area contributed by atoms with Crippen molar-refractivity contribution in [1.82, 2.24) is 0 Å². The molecule has 130 valence electrons. The Morgan fingerprint density at radius 3 is 2.41 bits per heavy atom. The van der Waals surface area contributed by atoms with Gasteiger partial charge in [0.05, 0.1) is 12.0 Å². The van der Waals surface area contributed by atoms with Crippen LogP contribution < -0.4 is 4.74 Å². The summed E-state index contributed by atoms with van der Waals surface area (Å²) in [4.78, 5) is 14.2. The molecule has 0 aliphatic rings. The molecule has 3 nitrogen and oxygen atoms in total. The van der Waals surface area contributed by atoms with Crippen LogP contribution in [0, 0.1) is 23.2 Å². The Labute approximate surface area is 162 Å². The van der Waals surface area contributed by atoms with E-state index >= 15 is 0 Å². The van der Waals surface area contributed by atoms with Gasteiger partial charge in [0.2, 0.25) is 5.78 Å². The summed E-state index contributed by atoms with van der Waals surface area (Å²) >= 11 is 1.44. The average Bonchev–Trinajstić information content (AvgIpc) is 3.18. The molecule has 27 heavy (non-hydrogen) atoms. The zero-order valence-electron chi connectivity index (χ0n) is 14.6. The van der Waals surface area contributed by atoms with Crippen LogP contribution in [0.4, 0.5) is 0 Å². The molecule has 0 bridgehead atoms. The van der Waals surface area contributed by atoms with Crippen LogP contribution in [0.25, 0.3) is 6.08 Å². The van der Waals surface area contributed by atoms with Gasteiger partial charge in [0, 0.05) is 16.0 Å². The van der Waals surface area contributed by atoms with Crippen LogP contribution in [0.3, 0.4) is 0 Å². The van der Waals surface area contributed by atoms with E-state index in [0.717, 1.165) is 15.3 Å². The van der Waals surface area contributed by atoms with E-state index in [1.165, 1.54) is 11.3 Å². The predicted octanol–water partition coefficient (Wildman–Crippen LogP) is 4.95. The van der Waals surface area contributed by atoms with Crippen LogP contribution in [0.1, 0.15) is 25.7 Å². The third-order valence-electron chi connectivity index (χ3n) is 3.73. The lowest BCUT2D eigenvalue weighted by molar-refractivity contribution is 0.104. The average molecular weight is 369 g/mol. The second-order valence-corrected chi connectivity index (χ2v) is 6.66. The van der Waals surface area contributed by atoms with Crippen LogP contribution in [0.5, 0.6) is 5.75 Å². The van der Waals surface area contributed by atoms with Crippen molar-refractivity contribution >= 4 is 23.2 Å². The minimum atomic E-state index is -0.314. The van der Waals surface area contributed by atoms with Gasteiger partial charge in [0.25, 0.3) is 0 Å². The van der Waals surface area contributed by atoms with Crippen molar-refractivity contribution in [3.63, 3.8) is 0 Å². The fourth-order valence-electron chi connectivity index (χ4n) is 2.34. The summed E-state index contributed by atoms with van der Waals surface area (Å²) in [6.07, 6.45) is 1.60. The lowest BCUT2D eigenvalue weighted by atomic mass is 10.0. The molecule has 0 fully saturated rings. The number of ether oxygens (including phenoxy) is 1. The zero-order chi connectivity index (χ0) is 19.1. The summed E-state index contributed by atoms with van der Waals surface area (Å²) in [5, 5.41) is 9.39. The van der Waals surface area contributed by atoms with Crippen molar-refractivity contribution in [2.75, 3.05) is 7.11 Å². The molecule has 0 radical (unpaired) electrons. The highest BCUT2D eigenvalue weighted by atomic mass is 32.1. The molecule has 0 unspecified atom stereocenters. The minimum absolute atomic E-state index is 0.0876. The number of benzene rings is 2. The van der Waals surface area contributed by atoms with Crippen LogP contribution in [-0.2, 0) is 0 Å². The SMILES string of the molecule is COc1ccc(C(=O)/C(C#N)=C/c2ccc(C#Cc3ccccc3)s2)cc1. The van der Waals surface area contributed by atoms with Crippen LogP contribution in [0.15, 0.2) is 72.3 Å². The van der Waals surface area contributed by atoms with Gasteiger partial charge in [-0.05, 0) is 54.6 Å². The fraction of sp³-hybridized carbons (Fsp3) is 0.0435. The largest absolute Gasteiger partial charge is 0.497 e. The van der Waals surface area contributed by atoms with Crippen molar-refractivity contribution in [3.8, 4) is 23.7 Å². The summed E-state index contributed by atoms with van der Waals surface area (Å²) in [7, 11) is 1.56. The normalized spacial score (nSPS) is 10.4. The fourth-order valence-corrected chi connectivity index (χ4v) is 3.15. The molecule has 0 amide bonds. The molecule has 4 heteroatoms. The van der Waals surface area contributed by atoms with Crippen molar-refractivity contribution in [2.45, 2.75) is 0 Å². The van der Waals surface area contributed by atoms with E-state index in [0.29, 0.717) is 11.3 Å². The summed E-state index contributed by atoms with van der Waals surface area (Å²) in [5.41, 5.74) is 1.48.